The Morgan fingerprint density at radius 1 is 1.12 bits per heavy atom. The van der Waals surface area contributed by atoms with Crippen molar-refractivity contribution in [2.75, 3.05) is 30.9 Å². The summed E-state index contributed by atoms with van der Waals surface area (Å²) in [7, 11) is 3.98. The van der Waals surface area contributed by atoms with E-state index < -0.39 is 0 Å². The number of aromatic nitrogens is 4. The standard InChI is InChI=1S/C23H27N7O2S/c1-23(2,3)20-27-19(29-32-20)8-9-25-21(31)28-22-26-17-7-6-14(11-18(17)33-22)15-10-16(30(4)5)13-24-12-15/h6-7,10-13H,8-9H2,1-5H3,(H2,25,26,28,31). The van der Waals surface area contributed by atoms with Gasteiger partial charge in [0.2, 0.25) is 5.89 Å². The van der Waals surface area contributed by atoms with E-state index in [9.17, 15) is 4.79 Å². The quantitative estimate of drug-likeness (QED) is 0.432. The SMILES string of the molecule is CN(C)c1cncc(-c2ccc3nc(NC(=O)NCCc4noc(C(C)(C)C)n4)sc3c2)c1. The highest BCUT2D eigenvalue weighted by Crippen LogP contribution is 2.31. The molecule has 1 aromatic carbocycles. The second kappa shape index (κ2) is 9.14. The first-order chi connectivity index (χ1) is 15.7. The summed E-state index contributed by atoms with van der Waals surface area (Å²) >= 11 is 1.43. The third-order valence-electron chi connectivity index (χ3n) is 4.93. The van der Waals surface area contributed by atoms with Gasteiger partial charge < -0.3 is 14.7 Å². The number of nitrogens with zero attached hydrogens (tertiary/aromatic N) is 5. The number of thiazole rings is 1. The van der Waals surface area contributed by atoms with E-state index >= 15 is 0 Å². The monoisotopic (exact) mass is 465 g/mol. The highest BCUT2D eigenvalue weighted by Gasteiger charge is 2.21. The number of fused-ring (bicyclic) bond motifs is 1. The van der Waals surface area contributed by atoms with Crippen LogP contribution in [0.1, 0.15) is 32.5 Å². The van der Waals surface area contributed by atoms with Crippen molar-refractivity contribution in [2.45, 2.75) is 32.6 Å². The molecule has 3 heterocycles. The van der Waals surface area contributed by atoms with Gasteiger partial charge in [0, 0.05) is 44.2 Å². The minimum atomic E-state index is -0.322. The molecule has 0 unspecified atom stereocenters. The Hall–Kier alpha value is -3.53. The molecule has 0 aliphatic heterocycles. The van der Waals surface area contributed by atoms with Crippen molar-refractivity contribution < 1.29 is 9.32 Å². The molecule has 9 nitrogen and oxygen atoms in total. The average molecular weight is 466 g/mol. The van der Waals surface area contributed by atoms with Gasteiger partial charge >= 0.3 is 6.03 Å². The fourth-order valence-corrected chi connectivity index (χ4v) is 3.98. The molecule has 172 valence electrons. The predicted molar refractivity (Wildman–Crippen MR) is 131 cm³/mol. The van der Waals surface area contributed by atoms with Crippen molar-refractivity contribution in [3.8, 4) is 11.1 Å². The summed E-state index contributed by atoms with van der Waals surface area (Å²) in [6.45, 7) is 6.41. The van der Waals surface area contributed by atoms with E-state index in [4.69, 9.17) is 4.52 Å². The first kappa shape index (κ1) is 22.7. The third kappa shape index (κ3) is 5.46. The summed E-state index contributed by atoms with van der Waals surface area (Å²) in [6, 6.07) is 7.80. The third-order valence-corrected chi connectivity index (χ3v) is 5.86. The Morgan fingerprint density at radius 3 is 2.67 bits per heavy atom. The van der Waals surface area contributed by atoms with Gasteiger partial charge in [-0.1, -0.05) is 43.3 Å². The first-order valence-electron chi connectivity index (χ1n) is 10.6. The molecular formula is C23H27N7O2S. The van der Waals surface area contributed by atoms with Crippen LogP contribution in [0, 0.1) is 0 Å². The number of urea groups is 1. The molecule has 4 aromatic rings. The van der Waals surface area contributed by atoms with Gasteiger partial charge in [-0.05, 0) is 23.8 Å². The van der Waals surface area contributed by atoms with Crippen LogP contribution in [0.15, 0.2) is 41.2 Å². The van der Waals surface area contributed by atoms with Crippen LogP contribution in [0.25, 0.3) is 21.3 Å². The molecule has 33 heavy (non-hydrogen) atoms. The number of hydrogen-bond donors (Lipinski definition) is 2. The van der Waals surface area contributed by atoms with Crippen molar-refractivity contribution in [1.29, 1.82) is 0 Å². The zero-order chi connectivity index (χ0) is 23.6. The summed E-state index contributed by atoms with van der Waals surface area (Å²) < 4.78 is 6.26. The van der Waals surface area contributed by atoms with Crippen LogP contribution in [0.3, 0.4) is 0 Å². The Labute approximate surface area is 196 Å². The number of pyridine rings is 1. The van der Waals surface area contributed by atoms with E-state index in [1.54, 1.807) is 0 Å². The molecule has 0 saturated heterocycles. The molecule has 3 aromatic heterocycles. The van der Waals surface area contributed by atoms with Crippen LogP contribution in [0.4, 0.5) is 15.6 Å². The van der Waals surface area contributed by atoms with Gasteiger partial charge in [0.15, 0.2) is 11.0 Å². The summed E-state index contributed by atoms with van der Waals surface area (Å²) in [6.07, 6.45) is 4.16. The maximum absolute atomic E-state index is 12.3. The Morgan fingerprint density at radius 2 is 1.94 bits per heavy atom. The maximum Gasteiger partial charge on any atom is 0.321 e. The lowest BCUT2D eigenvalue weighted by Crippen LogP contribution is -2.30. The van der Waals surface area contributed by atoms with E-state index in [2.05, 4.69) is 42.9 Å². The number of nitrogens with one attached hydrogen (secondary N) is 2. The summed E-state index contributed by atoms with van der Waals surface area (Å²) in [4.78, 5) is 27.5. The minimum Gasteiger partial charge on any atom is -0.376 e. The number of anilines is 2. The Balaban J connectivity index is 1.37. The van der Waals surface area contributed by atoms with E-state index in [0.29, 0.717) is 29.8 Å². The molecular weight excluding hydrogens is 438 g/mol. The molecule has 0 saturated carbocycles. The van der Waals surface area contributed by atoms with Gasteiger partial charge in [0.1, 0.15) is 0 Å². The van der Waals surface area contributed by atoms with E-state index in [-0.39, 0.29) is 11.4 Å². The lowest BCUT2D eigenvalue weighted by molar-refractivity contribution is 0.252. The zero-order valence-electron chi connectivity index (χ0n) is 19.3. The zero-order valence-corrected chi connectivity index (χ0v) is 20.2. The molecule has 0 aliphatic carbocycles. The highest BCUT2D eigenvalue weighted by molar-refractivity contribution is 7.22. The van der Waals surface area contributed by atoms with Gasteiger partial charge in [-0.2, -0.15) is 4.98 Å². The van der Waals surface area contributed by atoms with Gasteiger partial charge in [-0.25, -0.2) is 9.78 Å². The maximum atomic E-state index is 12.3. The highest BCUT2D eigenvalue weighted by atomic mass is 32.1. The Kier molecular flexibility index (Phi) is 6.28. The molecule has 2 amide bonds. The van der Waals surface area contributed by atoms with Crippen molar-refractivity contribution in [1.82, 2.24) is 25.4 Å². The molecule has 0 aliphatic rings. The molecule has 0 spiro atoms. The average Bonchev–Trinajstić information content (AvgIpc) is 3.39. The van der Waals surface area contributed by atoms with Crippen LogP contribution in [0.2, 0.25) is 0 Å². The lowest BCUT2D eigenvalue weighted by Gasteiger charge is -2.12. The molecule has 2 N–H and O–H groups in total. The van der Waals surface area contributed by atoms with Gasteiger partial charge in [0.05, 0.1) is 22.1 Å². The molecule has 10 heteroatoms. The molecule has 0 radical (unpaired) electrons. The number of hydrogen-bond acceptors (Lipinski definition) is 8. The van der Waals surface area contributed by atoms with Crippen LogP contribution >= 0.6 is 11.3 Å². The van der Waals surface area contributed by atoms with Crippen molar-refractivity contribution in [3.63, 3.8) is 0 Å². The molecule has 0 fully saturated rings. The van der Waals surface area contributed by atoms with Crippen LogP contribution < -0.4 is 15.5 Å². The number of amides is 2. The first-order valence-corrected chi connectivity index (χ1v) is 11.4. The van der Waals surface area contributed by atoms with E-state index in [1.165, 1.54) is 11.3 Å². The fourth-order valence-electron chi connectivity index (χ4n) is 3.08. The Bertz CT molecular complexity index is 1270. The molecule has 0 bridgehead atoms. The summed E-state index contributed by atoms with van der Waals surface area (Å²) in [5, 5.41) is 10.1. The number of carbonyl (C=O) groups excluding carboxylic acids is 1. The normalized spacial score (nSPS) is 11.5. The smallest absolute Gasteiger partial charge is 0.321 e. The molecule has 4 rings (SSSR count). The minimum absolute atomic E-state index is 0.200. The second-order valence-corrected chi connectivity index (χ2v) is 9.96. The van der Waals surface area contributed by atoms with Crippen LogP contribution in [0.5, 0.6) is 0 Å². The van der Waals surface area contributed by atoms with Crippen molar-refractivity contribution >= 4 is 38.4 Å². The van der Waals surface area contributed by atoms with Crippen LogP contribution in [-0.2, 0) is 11.8 Å². The summed E-state index contributed by atoms with van der Waals surface area (Å²) in [5.41, 5.74) is 3.74. The predicted octanol–water partition coefficient (Wildman–Crippen LogP) is 4.47. The second-order valence-electron chi connectivity index (χ2n) is 8.92. The number of rotatable bonds is 6. The largest absolute Gasteiger partial charge is 0.376 e. The lowest BCUT2D eigenvalue weighted by atomic mass is 9.97. The van der Waals surface area contributed by atoms with E-state index in [1.807, 2.05) is 64.3 Å². The van der Waals surface area contributed by atoms with Crippen molar-refractivity contribution in [3.05, 3.63) is 48.4 Å². The number of benzene rings is 1. The van der Waals surface area contributed by atoms with Crippen molar-refractivity contribution in [2.24, 2.45) is 0 Å². The van der Waals surface area contributed by atoms with E-state index in [0.717, 1.165) is 27.0 Å². The summed E-state index contributed by atoms with van der Waals surface area (Å²) in [5.74, 6) is 1.15. The van der Waals surface area contributed by atoms with Gasteiger partial charge in [0.25, 0.3) is 0 Å². The van der Waals surface area contributed by atoms with Gasteiger partial charge in [-0.3, -0.25) is 10.3 Å². The molecule has 0 atom stereocenters. The topological polar surface area (TPSA) is 109 Å². The fraction of sp³-hybridized carbons (Fsp3) is 0.348. The van der Waals surface area contributed by atoms with Gasteiger partial charge in [-0.15, -0.1) is 0 Å². The number of carbonyl (C=O) groups is 1. The van der Waals surface area contributed by atoms with Crippen LogP contribution in [-0.4, -0.2) is 46.8 Å².